The molecule has 1 aliphatic heterocycles. The van der Waals surface area contributed by atoms with E-state index in [1.54, 1.807) is 30.3 Å². The maximum atomic E-state index is 13.7. The summed E-state index contributed by atoms with van der Waals surface area (Å²) in [5.41, 5.74) is 7.09. The predicted octanol–water partition coefficient (Wildman–Crippen LogP) is 4.21. The summed E-state index contributed by atoms with van der Waals surface area (Å²) in [6.45, 7) is 0.130. The number of benzene rings is 2. The summed E-state index contributed by atoms with van der Waals surface area (Å²) in [6, 6.07) is 11.8. The molecule has 4 rings (SSSR count). The molecule has 3 amide bonds. The zero-order chi connectivity index (χ0) is 22.8. The molecule has 2 aromatic carbocycles. The number of carbonyl (C=O) groups is 3. The monoisotopic (exact) mass is 473 g/mol. The Balaban J connectivity index is 1.85. The molecular formula is C24H25Cl2N3O3. The Labute approximate surface area is 197 Å². The zero-order valence-corrected chi connectivity index (χ0v) is 19.0. The number of rotatable bonds is 6. The van der Waals surface area contributed by atoms with E-state index in [0.29, 0.717) is 26.7 Å². The number of amides is 3. The number of nitrogens with zero attached hydrogens (tertiary/aromatic N) is 1. The second-order valence-electron chi connectivity index (χ2n) is 8.33. The van der Waals surface area contributed by atoms with Crippen LogP contribution in [-0.2, 0) is 9.59 Å². The second kappa shape index (κ2) is 9.51. The summed E-state index contributed by atoms with van der Waals surface area (Å²) in [7, 11) is 0. The van der Waals surface area contributed by atoms with Crippen LogP contribution in [0.5, 0.6) is 0 Å². The van der Waals surface area contributed by atoms with E-state index in [4.69, 9.17) is 28.9 Å². The Morgan fingerprint density at radius 1 is 1.06 bits per heavy atom. The SMILES string of the molecule is NC(=O)CCNC(=O)[C@@H]1c2ccccc2C(=O)N(C2CCCC2)[C@H]1c1ccc(Cl)cc1Cl. The summed E-state index contributed by atoms with van der Waals surface area (Å²) in [6.07, 6.45) is 3.87. The highest BCUT2D eigenvalue weighted by Gasteiger charge is 2.47. The lowest BCUT2D eigenvalue weighted by molar-refractivity contribution is -0.124. The molecule has 6 nitrogen and oxygen atoms in total. The Morgan fingerprint density at radius 2 is 1.78 bits per heavy atom. The Hall–Kier alpha value is -2.57. The smallest absolute Gasteiger partial charge is 0.254 e. The minimum Gasteiger partial charge on any atom is -0.370 e. The van der Waals surface area contributed by atoms with E-state index in [9.17, 15) is 14.4 Å². The van der Waals surface area contributed by atoms with Gasteiger partial charge in [-0.3, -0.25) is 14.4 Å². The fraction of sp³-hybridized carbons (Fsp3) is 0.375. The van der Waals surface area contributed by atoms with Gasteiger partial charge in [-0.15, -0.1) is 0 Å². The third kappa shape index (κ3) is 4.34. The molecule has 0 unspecified atom stereocenters. The lowest BCUT2D eigenvalue weighted by Crippen LogP contribution is -2.51. The minimum atomic E-state index is -0.684. The van der Waals surface area contributed by atoms with Crippen molar-refractivity contribution >= 4 is 40.9 Å². The molecule has 0 spiro atoms. The molecule has 1 aliphatic carbocycles. The Bertz CT molecular complexity index is 1050. The number of halogens is 2. The van der Waals surface area contributed by atoms with Crippen molar-refractivity contribution in [3.63, 3.8) is 0 Å². The third-order valence-electron chi connectivity index (χ3n) is 6.33. The van der Waals surface area contributed by atoms with Crippen LogP contribution in [0.3, 0.4) is 0 Å². The van der Waals surface area contributed by atoms with Crippen molar-refractivity contribution in [1.29, 1.82) is 0 Å². The van der Waals surface area contributed by atoms with Crippen molar-refractivity contribution < 1.29 is 14.4 Å². The summed E-state index contributed by atoms with van der Waals surface area (Å²) in [5.74, 6) is -1.54. The van der Waals surface area contributed by atoms with Gasteiger partial charge in [0.1, 0.15) is 0 Å². The van der Waals surface area contributed by atoms with E-state index in [2.05, 4.69) is 5.32 Å². The van der Waals surface area contributed by atoms with E-state index in [1.807, 2.05) is 17.0 Å². The second-order valence-corrected chi connectivity index (χ2v) is 9.18. The van der Waals surface area contributed by atoms with E-state index >= 15 is 0 Å². The number of primary amides is 1. The summed E-state index contributed by atoms with van der Waals surface area (Å²) in [5, 5.41) is 3.73. The van der Waals surface area contributed by atoms with Gasteiger partial charge in [0.25, 0.3) is 5.91 Å². The van der Waals surface area contributed by atoms with Gasteiger partial charge in [-0.25, -0.2) is 0 Å². The Morgan fingerprint density at radius 3 is 2.47 bits per heavy atom. The number of nitrogens with two attached hydrogens (primary N) is 1. The van der Waals surface area contributed by atoms with Crippen LogP contribution >= 0.6 is 23.2 Å². The minimum absolute atomic E-state index is 0.0218. The van der Waals surface area contributed by atoms with Crippen LogP contribution < -0.4 is 11.1 Å². The summed E-state index contributed by atoms with van der Waals surface area (Å²) < 4.78 is 0. The molecule has 0 bridgehead atoms. The van der Waals surface area contributed by atoms with Crippen molar-refractivity contribution in [2.45, 2.75) is 50.1 Å². The first-order valence-corrected chi connectivity index (χ1v) is 11.6. The first-order chi connectivity index (χ1) is 15.4. The summed E-state index contributed by atoms with van der Waals surface area (Å²) in [4.78, 5) is 40.2. The molecule has 0 aromatic heterocycles. The number of hydrogen-bond acceptors (Lipinski definition) is 3. The highest BCUT2D eigenvalue weighted by molar-refractivity contribution is 6.35. The van der Waals surface area contributed by atoms with Crippen molar-refractivity contribution in [1.82, 2.24) is 10.2 Å². The van der Waals surface area contributed by atoms with Gasteiger partial charge in [-0.2, -0.15) is 0 Å². The molecule has 2 aliphatic rings. The average Bonchev–Trinajstić information content (AvgIpc) is 3.28. The van der Waals surface area contributed by atoms with Crippen molar-refractivity contribution in [2.75, 3.05) is 6.54 Å². The van der Waals surface area contributed by atoms with Gasteiger partial charge in [-0.05, 0) is 42.2 Å². The highest BCUT2D eigenvalue weighted by Crippen LogP contribution is 2.47. The maximum Gasteiger partial charge on any atom is 0.254 e. The number of carbonyl (C=O) groups excluding carboxylic acids is 3. The molecule has 1 saturated carbocycles. The molecule has 0 radical (unpaired) electrons. The van der Waals surface area contributed by atoms with Gasteiger partial charge in [0.05, 0.1) is 12.0 Å². The van der Waals surface area contributed by atoms with Crippen LogP contribution in [0.25, 0.3) is 0 Å². The molecule has 1 heterocycles. The van der Waals surface area contributed by atoms with Gasteiger partial charge in [-0.1, -0.05) is 60.3 Å². The van der Waals surface area contributed by atoms with E-state index in [1.165, 1.54) is 0 Å². The van der Waals surface area contributed by atoms with Gasteiger partial charge in [0.2, 0.25) is 11.8 Å². The van der Waals surface area contributed by atoms with Crippen molar-refractivity contribution in [3.05, 3.63) is 69.2 Å². The molecule has 2 atom stereocenters. The van der Waals surface area contributed by atoms with Crippen LogP contribution in [0.4, 0.5) is 0 Å². The molecule has 1 fully saturated rings. The highest BCUT2D eigenvalue weighted by atomic mass is 35.5. The van der Waals surface area contributed by atoms with E-state index in [-0.39, 0.29) is 30.8 Å². The maximum absolute atomic E-state index is 13.7. The molecule has 2 aromatic rings. The standard InChI is InChI=1S/C24H25Cl2N3O3/c25-14-9-10-18(19(26)13-14)22-21(23(31)28-12-11-20(27)30)16-7-3-4-8-17(16)24(32)29(22)15-5-1-2-6-15/h3-4,7-10,13,15,21-22H,1-2,5-6,11-12H2,(H2,27,30)(H,28,31)/t21-,22+/m1/s1. The predicted molar refractivity (Wildman–Crippen MR) is 124 cm³/mol. The van der Waals surface area contributed by atoms with Crippen LogP contribution in [0.1, 0.15) is 65.5 Å². The van der Waals surface area contributed by atoms with E-state index in [0.717, 1.165) is 25.7 Å². The van der Waals surface area contributed by atoms with Crippen LogP contribution in [0.2, 0.25) is 10.0 Å². The van der Waals surface area contributed by atoms with E-state index < -0.39 is 17.9 Å². The van der Waals surface area contributed by atoms with Gasteiger partial charge < -0.3 is 16.0 Å². The Kier molecular flexibility index (Phi) is 6.72. The number of nitrogens with one attached hydrogen (secondary N) is 1. The fourth-order valence-electron chi connectivity index (χ4n) is 4.91. The first kappa shape index (κ1) is 22.6. The van der Waals surface area contributed by atoms with Crippen molar-refractivity contribution in [2.24, 2.45) is 5.73 Å². The van der Waals surface area contributed by atoms with Crippen LogP contribution in [0, 0.1) is 0 Å². The number of hydrogen-bond donors (Lipinski definition) is 2. The zero-order valence-electron chi connectivity index (χ0n) is 17.5. The summed E-state index contributed by atoms with van der Waals surface area (Å²) >= 11 is 12.7. The van der Waals surface area contributed by atoms with Crippen LogP contribution in [0.15, 0.2) is 42.5 Å². The molecule has 3 N–H and O–H groups in total. The first-order valence-electron chi connectivity index (χ1n) is 10.8. The van der Waals surface area contributed by atoms with Crippen LogP contribution in [-0.4, -0.2) is 35.2 Å². The third-order valence-corrected chi connectivity index (χ3v) is 6.89. The largest absolute Gasteiger partial charge is 0.370 e. The molecule has 8 heteroatoms. The average molecular weight is 474 g/mol. The fourth-order valence-corrected chi connectivity index (χ4v) is 5.43. The normalized spacial score (nSPS) is 20.8. The molecule has 32 heavy (non-hydrogen) atoms. The van der Waals surface area contributed by atoms with Gasteiger partial charge >= 0.3 is 0 Å². The molecule has 0 saturated heterocycles. The quantitative estimate of drug-likeness (QED) is 0.657. The molecule has 168 valence electrons. The van der Waals surface area contributed by atoms with Gasteiger partial charge in [0, 0.05) is 34.6 Å². The van der Waals surface area contributed by atoms with Gasteiger partial charge in [0.15, 0.2) is 0 Å². The topological polar surface area (TPSA) is 92.5 Å². The number of fused-ring (bicyclic) bond motifs is 1. The van der Waals surface area contributed by atoms with Crippen molar-refractivity contribution in [3.8, 4) is 0 Å². The lowest BCUT2D eigenvalue weighted by Gasteiger charge is -2.45. The lowest BCUT2D eigenvalue weighted by atomic mass is 9.78. The molecular weight excluding hydrogens is 449 g/mol.